The second-order valence-corrected chi connectivity index (χ2v) is 7.45. The third kappa shape index (κ3) is 3.61. The molecule has 2 aromatic carbocycles. The van der Waals surface area contributed by atoms with Crippen molar-refractivity contribution in [2.45, 2.75) is 27.2 Å². The fourth-order valence-electron chi connectivity index (χ4n) is 3.17. The van der Waals surface area contributed by atoms with Crippen molar-refractivity contribution in [1.82, 2.24) is 0 Å². The summed E-state index contributed by atoms with van der Waals surface area (Å²) in [5.41, 5.74) is 4.80. The average molecular weight is 401 g/mol. The highest BCUT2D eigenvalue weighted by Gasteiger charge is 2.35. The van der Waals surface area contributed by atoms with E-state index in [0.29, 0.717) is 6.54 Å². The number of nitrogens with zero attached hydrogens (tertiary/aromatic N) is 1. The largest absolute Gasteiger partial charge is 0.325 e. The van der Waals surface area contributed by atoms with Crippen LogP contribution in [-0.4, -0.2) is 18.4 Å². The third-order valence-corrected chi connectivity index (χ3v) is 5.57. The second-order valence-electron chi connectivity index (χ2n) is 6.59. The van der Waals surface area contributed by atoms with E-state index in [1.807, 2.05) is 57.2 Å². The topological polar surface area (TPSA) is 49.4 Å². The van der Waals surface area contributed by atoms with E-state index in [1.165, 1.54) is 0 Å². The van der Waals surface area contributed by atoms with Gasteiger partial charge in [0.1, 0.15) is 0 Å². The lowest BCUT2D eigenvalue weighted by molar-refractivity contribution is -0.122. The number of nitrogens with one attached hydrogen (secondary N) is 1. The van der Waals surface area contributed by atoms with Gasteiger partial charge in [0, 0.05) is 28.8 Å². The van der Waals surface area contributed by atoms with E-state index in [-0.39, 0.29) is 24.2 Å². The molecule has 4 nitrogen and oxygen atoms in total. The molecule has 1 saturated heterocycles. The zero-order valence-corrected chi connectivity index (χ0v) is 16.2. The second kappa shape index (κ2) is 7.00. The number of anilines is 2. The van der Waals surface area contributed by atoms with Crippen molar-refractivity contribution in [2.75, 3.05) is 16.8 Å². The number of carbonyl (C=O) groups is 2. The Bertz CT molecular complexity index is 827. The van der Waals surface area contributed by atoms with Crippen LogP contribution in [0.5, 0.6) is 0 Å². The van der Waals surface area contributed by atoms with Crippen molar-refractivity contribution in [3.8, 4) is 0 Å². The van der Waals surface area contributed by atoms with E-state index < -0.39 is 0 Å². The molecule has 0 saturated carbocycles. The molecule has 2 amide bonds. The molecular weight excluding hydrogens is 380 g/mol. The number of carbonyl (C=O) groups excluding carboxylic acids is 2. The number of para-hydroxylation sites is 1. The van der Waals surface area contributed by atoms with Crippen LogP contribution in [0, 0.1) is 26.7 Å². The predicted molar refractivity (Wildman–Crippen MR) is 104 cm³/mol. The van der Waals surface area contributed by atoms with E-state index in [4.69, 9.17) is 0 Å². The molecule has 1 aliphatic heterocycles. The van der Waals surface area contributed by atoms with Gasteiger partial charge >= 0.3 is 0 Å². The Labute approximate surface area is 156 Å². The van der Waals surface area contributed by atoms with Gasteiger partial charge < -0.3 is 10.2 Å². The number of amides is 2. The quantitative estimate of drug-likeness (QED) is 0.831. The highest BCUT2D eigenvalue weighted by molar-refractivity contribution is 9.10. The summed E-state index contributed by atoms with van der Waals surface area (Å²) in [4.78, 5) is 26.8. The van der Waals surface area contributed by atoms with Crippen LogP contribution in [0.3, 0.4) is 0 Å². The molecule has 1 aliphatic rings. The first-order valence-electron chi connectivity index (χ1n) is 8.30. The summed E-state index contributed by atoms with van der Waals surface area (Å²) >= 11 is 3.47. The molecule has 1 N–H and O–H groups in total. The summed E-state index contributed by atoms with van der Waals surface area (Å²) in [7, 11) is 0. The molecule has 1 unspecified atom stereocenters. The van der Waals surface area contributed by atoms with Crippen LogP contribution in [0.15, 0.2) is 40.9 Å². The highest BCUT2D eigenvalue weighted by Crippen LogP contribution is 2.29. The van der Waals surface area contributed by atoms with Gasteiger partial charge in [-0.15, -0.1) is 0 Å². The lowest BCUT2D eigenvalue weighted by Crippen LogP contribution is -2.28. The summed E-state index contributed by atoms with van der Waals surface area (Å²) in [5, 5.41) is 3.01. The maximum atomic E-state index is 12.7. The Balaban J connectivity index is 1.75. The zero-order chi connectivity index (χ0) is 18.1. The molecule has 1 fully saturated rings. The standard InChI is InChI=1S/C20H21BrN2O2/c1-12-5-4-6-13(2)19(12)22-20(25)15-10-18(24)23(11-15)16-7-8-17(21)14(3)9-16/h4-9,15H,10-11H2,1-3H3,(H,22,25). The average Bonchev–Trinajstić information content (AvgIpc) is 2.95. The zero-order valence-electron chi connectivity index (χ0n) is 14.6. The first-order valence-corrected chi connectivity index (χ1v) is 9.09. The molecule has 0 bridgehead atoms. The highest BCUT2D eigenvalue weighted by atomic mass is 79.9. The van der Waals surface area contributed by atoms with Gasteiger partial charge in [-0.05, 0) is 55.7 Å². The Hall–Kier alpha value is -2.14. The number of halogens is 1. The molecule has 0 spiro atoms. The van der Waals surface area contributed by atoms with Gasteiger partial charge in [0.05, 0.1) is 5.92 Å². The molecule has 25 heavy (non-hydrogen) atoms. The van der Waals surface area contributed by atoms with E-state index in [2.05, 4.69) is 21.2 Å². The summed E-state index contributed by atoms with van der Waals surface area (Å²) in [6, 6.07) is 11.7. The molecule has 5 heteroatoms. The predicted octanol–water partition coefficient (Wildman–Crippen LogP) is 4.37. The van der Waals surface area contributed by atoms with Crippen molar-refractivity contribution in [3.63, 3.8) is 0 Å². The molecule has 0 radical (unpaired) electrons. The van der Waals surface area contributed by atoms with Gasteiger partial charge in [-0.1, -0.05) is 34.1 Å². The van der Waals surface area contributed by atoms with E-state index in [1.54, 1.807) is 4.90 Å². The Morgan fingerprint density at radius 2 is 1.80 bits per heavy atom. The SMILES string of the molecule is Cc1cc(N2CC(C(=O)Nc3c(C)cccc3C)CC2=O)ccc1Br. The third-order valence-electron chi connectivity index (χ3n) is 4.68. The Morgan fingerprint density at radius 1 is 1.12 bits per heavy atom. The van der Waals surface area contributed by atoms with Gasteiger partial charge in [-0.3, -0.25) is 9.59 Å². The van der Waals surface area contributed by atoms with Crippen molar-refractivity contribution in [2.24, 2.45) is 5.92 Å². The molecule has 0 aromatic heterocycles. The number of benzene rings is 2. The van der Waals surface area contributed by atoms with Crippen molar-refractivity contribution < 1.29 is 9.59 Å². The minimum Gasteiger partial charge on any atom is -0.325 e. The van der Waals surface area contributed by atoms with Crippen LogP contribution in [0.25, 0.3) is 0 Å². The first-order chi connectivity index (χ1) is 11.9. The minimum absolute atomic E-state index is 0.0108. The van der Waals surface area contributed by atoms with Gasteiger partial charge in [-0.2, -0.15) is 0 Å². The molecule has 0 aliphatic carbocycles. The molecule has 130 valence electrons. The van der Waals surface area contributed by atoms with Gasteiger partial charge in [0.15, 0.2) is 0 Å². The first kappa shape index (κ1) is 17.7. The normalized spacial score (nSPS) is 17.0. The molecule has 2 aromatic rings. The Morgan fingerprint density at radius 3 is 2.44 bits per heavy atom. The van der Waals surface area contributed by atoms with Crippen molar-refractivity contribution >= 4 is 39.1 Å². The maximum absolute atomic E-state index is 12.7. The van der Waals surface area contributed by atoms with Gasteiger partial charge in [0.25, 0.3) is 0 Å². The van der Waals surface area contributed by atoms with Crippen LogP contribution in [-0.2, 0) is 9.59 Å². The van der Waals surface area contributed by atoms with Crippen LogP contribution < -0.4 is 10.2 Å². The fraction of sp³-hybridized carbons (Fsp3) is 0.300. The molecule has 3 rings (SSSR count). The van der Waals surface area contributed by atoms with Crippen LogP contribution in [0.1, 0.15) is 23.1 Å². The minimum atomic E-state index is -0.338. The smallest absolute Gasteiger partial charge is 0.229 e. The van der Waals surface area contributed by atoms with Crippen molar-refractivity contribution in [3.05, 3.63) is 57.6 Å². The summed E-state index contributed by atoms with van der Waals surface area (Å²) in [6.07, 6.45) is 0.242. The van der Waals surface area contributed by atoms with E-state index >= 15 is 0 Å². The maximum Gasteiger partial charge on any atom is 0.229 e. The Kier molecular flexibility index (Phi) is 4.95. The summed E-state index contributed by atoms with van der Waals surface area (Å²) in [5.74, 6) is -0.444. The van der Waals surface area contributed by atoms with Gasteiger partial charge in [0.2, 0.25) is 11.8 Å². The van der Waals surface area contributed by atoms with Gasteiger partial charge in [-0.25, -0.2) is 0 Å². The van der Waals surface area contributed by atoms with Crippen molar-refractivity contribution in [1.29, 1.82) is 0 Å². The van der Waals surface area contributed by atoms with Crippen LogP contribution >= 0.6 is 15.9 Å². The van der Waals surface area contributed by atoms with Crippen LogP contribution in [0.4, 0.5) is 11.4 Å². The number of rotatable bonds is 3. The summed E-state index contributed by atoms with van der Waals surface area (Å²) < 4.78 is 1.01. The van der Waals surface area contributed by atoms with E-state index in [9.17, 15) is 9.59 Å². The molecular formula is C20H21BrN2O2. The lowest BCUT2D eigenvalue weighted by Gasteiger charge is -2.18. The molecule has 1 atom stereocenters. The number of hydrogen-bond donors (Lipinski definition) is 1. The number of hydrogen-bond acceptors (Lipinski definition) is 2. The molecule has 1 heterocycles. The van der Waals surface area contributed by atoms with E-state index in [0.717, 1.165) is 32.5 Å². The van der Waals surface area contributed by atoms with Crippen LogP contribution in [0.2, 0.25) is 0 Å². The summed E-state index contributed by atoms with van der Waals surface area (Å²) in [6.45, 7) is 6.34. The number of aryl methyl sites for hydroxylation is 3. The monoisotopic (exact) mass is 400 g/mol. The fourth-order valence-corrected chi connectivity index (χ4v) is 3.41. The lowest BCUT2D eigenvalue weighted by atomic mass is 10.1.